The van der Waals surface area contributed by atoms with E-state index in [1.54, 1.807) is 26.0 Å². The Morgan fingerprint density at radius 1 is 0.833 bits per heavy atom. The van der Waals surface area contributed by atoms with Crippen molar-refractivity contribution in [1.82, 2.24) is 0 Å². The second-order valence-electron chi connectivity index (χ2n) is 10.4. The van der Waals surface area contributed by atoms with E-state index < -0.39 is 18.0 Å². The molecule has 0 amide bonds. The highest BCUT2D eigenvalue weighted by Crippen LogP contribution is 2.45. The summed E-state index contributed by atoms with van der Waals surface area (Å²) in [6, 6.07) is 6.19. The zero-order valence-corrected chi connectivity index (χ0v) is 21.4. The number of rotatable bonds is 10. The predicted molar refractivity (Wildman–Crippen MR) is 133 cm³/mol. The lowest BCUT2D eigenvalue weighted by Gasteiger charge is -2.39. The van der Waals surface area contributed by atoms with Crippen LogP contribution in [0.25, 0.3) is 0 Å². The fourth-order valence-corrected chi connectivity index (χ4v) is 5.24. The number of hydrogen-bond donors (Lipinski definition) is 0. The smallest absolute Gasteiger partial charge is 0.400 e. The van der Waals surface area contributed by atoms with E-state index in [4.69, 9.17) is 14.2 Å². The lowest BCUT2D eigenvalue weighted by molar-refractivity contribution is -0.224. The first-order valence-corrected chi connectivity index (χ1v) is 12.9. The van der Waals surface area contributed by atoms with E-state index in [0.29, 0.717) is 53.9 Å². The summed E-state index contributed by atoms with van der Waals surface area (Å²) in [7, 11) is 0. The molecule has 198 valence electrons. The molecule has 0 saturated heterocycles. The Bertz CT molecular complexity index is 923. The number of alkyl halides is 2. The van der Waals surface area contributed by atoms with Crippen molar-refractivity contribution in [3.05, 3.63) is 54.1 Å². The molecular formula is C29H38F2O5. The fraction of sp³-hybridized carbons (Fsp3) is 0.586. The second-order valence-corrected chi connectivity index (χ2v) is 10.4. The van der Waals surface area contributed by atoms with Crippen LogP contribution in [0.3, 0.4) is 0 Å². The SMILES string of the molecule is C=C(C)C(=O)OCc1ccc(OC(F)(F)C2CCC(C3CCC(COC(=O)C(=C)C)CC3)CC2)cc1. The summed E-state index contributed by atoms with van der Waals surface area (Å²) in [6.07, 6.45) is 3.38. The van der Waals surface area contributed by atoms with Crippen molar-refractivity contribution in [2.24, 2.45) is 23.7 Å². The Labute approximate surface area is 212 Å². The van der Waals surface area contributed by atoms with E-state index in [2.05, 4.69) is 13.2 Å². The van der Waals surface area contributed by atoms with Crippen molar-refractivity contribution >= 4 is 11.9 Å². The molecule has 0 heterocycles. The lowest BCUT2D eigenvalue weighted by Crippen LogP contribution is -2.38. The summed E-state index contributed by atoms with van der Waals surface area (Å²) >= 11 is 0. The highest BCUT2D eigenvalue weighted by Gasteiger charge is 2.45. The maximum atomic E-state index is 14.9. The van der Waals surface area contributed by atoms with Gasteiger partial charge in [-0.3, -0.25) is 0 Å². The third-order valence-corrected chi connectivity index (χ3v) is 7.50. The van der Waals surface area contributed by atoms with Gasteiger partial charge in [0.1, 0.15) is 12.4 Å². The Morgan fingerprint density at radius 3 is 1.86 bits per heavy atom. The quantitative estimate of drug-likeness (QED) is 0.253. The van der Waals surface area contributed by atoms with E-state index >= 15 is 0 Å². The van der Waals surface area contributed by atoms with E-state index in [-0.39, 0.29) is 18.3 Å². The Kier molecular flexibility index (Phi) is 9.69. The van der Waals surface area contributed by atoms with Gasteiger partial charge in [0, 0.05) is 11.1 Å². The molecule has 0 radical (unpaired) electrons. The number of halogens is 2. The summed E-state index contributed by atoms with van der Waals surface area (Å²) in [4.78, 5) is 23.1. The van der Waals surface area contributed by atoms with Gasteiger partial charge in [0.15, 0.2) is 0 Å². The first-order valence-electron chi connectivity index (χ1n) is 12.9. The molecule has 3 rings (SSSR count). The molecule has 0 spiro atoms. The predicted octanol–water partition coefficient (Wildman–Crippen LogP) is 7.01. The molecule has 0 bridgehead atoms. The summed E-state index contributed by atoms with van der Waals surface area (Å²) in [5.41, 5.74) is 1.41. The van der Waals surface area contributed by atoms with E-state index in [9.17, 15) is 18.4 Å². The Balaban J connectivity index is 1.41. The van der Waals surface area contributed by atoms with Gasteiger partial charge in [-0.15, -0.1) is 0 Å². The normalized spacial score (nSPS) is 24.4. The molecule has 1 aromatic rings. The van der Waals surface area contributed by atoms with Crippen LogP contribution in [0.2, 0.25) is 0 Å². The van der Waals surface area contributed by atoms with E-state index in [1.165, 1.54) is 12.1 Å². The summed E-state index contributed by atoms with van der Waals surface area (Å²) in [5.74, 6) is -0.126. The summed E-state index contributed by atoms with van der Waals surface area (Å²) in [6.45, 7) is 10.8. The van der Waals surface area contributed by atoms with Crippen LogP contribution in [0.4, 0.5) is 8.78 Å². The van der Waals surface area contributed by atoms with Crippen LogP contribution in [-0.2, 0) is 25.7 Å². The number of carbonyl (C=O) groups is 2. The van der Waals surface area contributed by atoms with Gasteiger partial charge in [0.2, 0.25) is 0 Å². The monoisotopic (exact) mass is 504 g/mol. The number of hydrogen-bond acceptors (Lipinski definition) is 5. The molecule has 36 heavy (non-hydrogen) atoms. The highest BCUT2D eigenvalue weighted by atomic mass is 19.3. The van der Waals surface area contributed by atoms with E-state index in [0.717, 1.165) is 38.5 Å². The minimum Gasteiger partial charge on any atom is -0.462 e. The van der Waals surface area contributed by atoms with E-state index in [1.807, 2.05) is 0 Å². The average molecular weight is 505 g/mol. The van der Waals surface area contributed by atoms with Crippen LogP contribution in [0, 0.1) is 23.7 Å². The molecular weight excluding hydrogens is 466 g/mol. The van der Waals surface area contributed by atoms with Crippen LogP contribution in [0.5, 0.6) is 5.75 Å². The summed E-state index contributed by atoms with van der Waals surface area (Å²) < 4.78 is 45.3. The van der Waals surface area contributed by atoms with Crippen molar-refractivity contribution in [2.75, 3.05) is 6.61 Å². The van der Waals surface area contributed by atoms with Gasteiger partial charge in [-0.1, -0.05) is 25.3 Å². The van der Waals surface area contributed by atoms with Crippen LogP contribution in [0.1, 0.15) is 70.8 Å². The lowest BCUT2D eigenvalue weighted by atomic mass is 9.69. The number of carbonyl (C=O) groups excluding carboxylic acids is 2. The fourth-order valence-electron chi connectivity index (χ4n) is 5.24. The second kappa shape index (κ2) is 12.5. The molecule has 0 N–H and O–H groups in total. The van der Waals surface area contributed by atoms with Crippen molar-refractivity contribution in [2.45, 2.75) is 77.9 Å². The van der Waals surface area contributed by atoms with Crippen molar-refractivity contribution in [1.29, 1.82) is 0 Å². The first kappa shape index (κ1) is 27.9. The molecule has 2 aliphatic carbocycles. The number of esters is 2. The topological polar surface area (TPSA) is 61.8 Å². The molecule has 1 aromatic carbocycles. The van der Waals surface area contributed by atoms with Crippen LogP contribution < -0.4 is 4.74 Å². The van der Waals surface area contributed by atoms with Crippen molar-refractivity contribution in [3.8, 4) is 5.75 Å². The minimum absolute atomic E-state index is 0.0495. The van der Waals surface area contributed by atoms with Crippen LogP contribution in [-0.4, -0.2) is 24.7 Å². The Morgan fingerprint density at radius 2 is 1.33 bits per heavy atom. The average Bonchev–Trinajstić information content (AvgIpc) is 2.86. The zero-order chi connectivity index (χ0) is 26.3. The van der Waals surface area contributed by atoms with Crippen LogP contribution in [0.15, 0.2) is 48.6 Å². The highest BCUT2D eigenvalue weighted by molar-refractivity contribution is 5.87. The third-order valence-electron chi connectivity index (χ3n) is 7.50. The van der Waals surface area contributed by atoms with Crippen molar-refractivity contribution < 1.29 is 32.6 Å². The molecule has 2 saturated carbocycles. The van der Waals surface area contributed by atoms with Gasteiger partial charge in [0.05, 0.1) is 12.5 Å². The van der Waals surface area contributed by atoms with Gasteiger partial charge in [0.25, 0.3) is 0 Å². The summed E-state index contributed by atoms with van der Waals surface area (Å²) in [5, 5.41) is 0. The molecule has 0 aromatic heterocycles. The molecule has 7 heteroatoms. The maximum absolute atomic E-state index is 14.9. The molecule has 5 nitrogen and oxygen atoms in total. The molecule has 0 unspecified atom stereocenters. The van der Waals surface area contributed by atoms with Crippen molar-refractivity contribution in [3.63, 3.8) is 0 Å². The van der Waals surface area contributed by atoms with Crippen LogP contribution >= 0.6 is 0 Å². The Hall–Kier alpha value is -2.70. The van der Waals surface area contributed by atoms with Gasteiger partial charge in [-0.05, 0) is 101 Å². The largest absolute Gasteiger partial charge is 0.462 e. The molecule has 0 atom stereocenters. The third kappa shape index (κ3) is 7.90. The molecule has 2 fully saturated rings. The van der Waals surface area contributed by atoms with Gasteiger partial charge in [-0.2, -0.15) is 8.78 Å². The number of ether oxygens (including phenoxy) is 3. The minimum atomic E-state index is -3.23. The zero-order valence-electron chi connectivity index (χ0n) is 21.4. The molecule has 2 aliphatic rings. The van der Waals surface area contributed by atoms with Gasteiger partial charge >= 0.3 is 18.0 Å². The number of benzene rings is 1. The molecule has 0 aliphatic heterocycles. The maximum Gasteiger partial charge on any atom is 0.400 e. The van der Waals surface area contributed by atoms with Gasteiger partial charge < -0.3 is 14.2 Å². The van der Waals surface area contributed by atoms with Gasteiger partial charge in [-0.25, -0.2) is 9.59 Å². The standard InChI is InChI=1S/C29H38F2O5/c1-19(2)27(32)34-17-21-5-9-23(10-6-21)24-11-13-25(14-12-24)29(30,31)36-26-15-7-22(8-16-26)18-35-28(33)20(3)4/h7-8,15-16,21,23-25H,1,3,5-6,9-14,17-18H2,2,4H3. The first-order chi connectivity index (χ1) is 17.0.